The van der Waals surface area contributed by atoms with Crippen LogP contribution in [0.4, 0.5) is 0 Å². The van der Waals surface area contributed by atoms with Gasteiger partial charge in [-0.25, -0.2) is 0 Å². The minimum atomic E-state index is 0.185. The molecule has 2 saturated carbocycles. The predicted molar refractivity (Wildman–Crippen MR) is 76.4 cm³/mol. The van der Waals surface area contributed by atoms with Crippen LogP contribution in [0.5, 0.6) is 0 Å². The van der Waals surface area contributed by atoms with Crippen LogP contribution in [0.2, 0.25) is 0 Å². The van der Waals surface area contributed by atoms with Gasteiger partial charge in [0.05, 0.1) is 0 Å². The highest BCUT2D eigenvalue weighted by atomic mass is 16.2. The number of likely N-dealkylation sites (tertiary alicyclic amines) is 1. The molecule has 2 aliphatic carbocycles. The first-order valence-electron chi connectivity index (χ1n) is 8.10. The molecule has 3 nitrogen and oxygen atoms in total. The highest BCUT2D eigenvalue weighted by molar-refractivity contribution is 5.79. The Kier molecular flexibility index (Phi) is 3.59. The maximum atomic E-state index is 12.8. The first-order chi connectivity index (χ1) is 9.06. The summed E-state index contributed by atoms with van der Waals surface area (Å²) >= 11 is 0. The Labute approximate surface area is 116 Å². The maximum Gasteiger partial charge on any atom is 0.226 e. The van der Waals surface area contributed by atoms with Crippen LogP contribution in [-0.4, -0.2) is 29.9 Å². The number of nitrogens with two attached hydrogens (primary N) is 1. The number of rotatable bonds is 1. The third kappa shape index (κ3) is 2.42. The lowest BCUT2D eigenvalue weighted by molar-refractivity contribution is -0.138. The maximum absolute atomic E-state index is 12.8. The van der Waals surface area contributed by atoms with E-state index in [1.165, 1.54) is 19.3 Å². The normalized spacial score (nSPS) is 46.4. The fourth-order valence-corrected chi connectivity index (χ4v) is 4.68. The van der Waals surface area contributed by atoms with E-state index in [9.17, 15) is 4.79 Å². The van der Waals surface area contributed by atoms with Crippen LogP contribution in [0.25, 0.3) is 0 Å². The van der Waals surface area contributed by atoms with E-state index in [0.717, 1.165) is 37.8 Å². The fourth-order valence-electron chi connectivity index (χ4n) is 4.68. The quantitative estimate of drug-likeness (QED) is 0.789. The summed E-state index contributed by atoms with van der Waals surface area (Å²) < 4.78 is 0. The van der Waals surface area contributed by atoms with Crippen LogP contribution in [0.15, 0.2) is 0 Å². The summed E-state index contributed by atoms with van der Waals surface area (Å²) in [6, 6.07) is 0.215. The molecule has 0 radical (unpaired) electrons. The van der Waals surface area contributed by atoms with Crippen molar-refractivity contribution in [1.82, 2.24) is 4.90 Å². The molecule has 6 atom stereocenters. The molecule has 3 aliphatic rings. The van der Waals surface area contributed by atoms with Gasteiger partial charge in [0.1, 0.15) is 0 Å². The molecule has 0 bridgehead atoms. The summed E-state index contributed by atoms with van der Waals surface area (Å²) in [4.78, 5) is 14.9. The molecular formula is C16H28N2O. The molecule has 1 aliphatic heterocycles. The first kappa shape index (κ1) is 13.4. The van der Waals surface area contributed by atoms with Crippen molar-refractivity contribution in [2.45, 2.75) is 52.0 Å². The van der Waals surface area contributed by atoms with Crippen LogP contribution in [0.3, 0.4) is 0 Å². The summed E-state index contributed by atoms with van der Waals surface area (Å²) in [6.07, 6.45) is 6.06. The number of nitrogens with zero attached hydrogens (tertiary/aromatic N) is 1. The van der Waals surface area contributed by atoms with Crippen LogP contribution in [0, 0.1) is 29.6 Å². The highest BCUT2D eigenvalue weighted by Crippen LogP contribution is 2.40. The van der Waals surface area contributed by atoms with Crippen LogP contribution in [-0.2, 0) is 4.79 Å². The average molecular weight is 264 g/mol. The highest BCUT2D eigenvalue weighted by Gasteiger charge is 2.42. The standard InChI is InChI=1S/C16H28N2O/c1-10-6-11(2)15(17)7-14(10)16(19)18-8-12-4-3-5-13(12)9-18/h10-15H,3-9,17H2,1-2H3. The smallest absolute Gasteiger partial charge is 0.226 e. The van der Waals surface area contributed by atoms with E-state index in [1.54, 1.807) is 0 Å². The predicted octanol–water partition coefficient (Wildman–Crippen LogP) is 2.25. The molecule has 0 aromatic carbocycles. The Morgan fingerprint density at radius 1 is 1.05 bits per heavy atom. The monoisotopic (exact) mass is 264 g/mol. The molecule has 108 valence electrons. The van der Waals surface area contributed by atoms with Gasteiger partial charge in [-0.2, -0.15) is 0 Å². The molecule has 3 rings (SSSR count). The first-order valence-corrected chi connectivity index (χ1v) is 8.10. The van der Waals surface area contributed by atoms with Crippen LogP contribution >= 0.6 is 0 Å². The van der Waals surface area contributed by atoms with Crippen molar-refractivity contribution in [2.75, 3.05) is 13.1 Å². The molecule has 1 heterocycles. The second-order valence-corrected chi connectivity index (χ2v) is 7.39. The summed E-state index contributed by atoms with van der Waals surface area (Å²) in [6.45, 7) is 6.51. The Morgan fingerprint density at radius 2 is 1.68 bits per heavy atom. The van der Waals surface area contributed by atoms with Gasteiger partial charge in [0.15, 0.2) is 0 Å². The topological polar surface area (TPSA) is 46.3 Å². The van der Waals surface area contributed by atoms with Gasteiger partial charge in [-0.05, 0) is 49.4 Å². The van der Waals surface area contributed by atoms with E-state index >= 15 is 0 Å². The number of fused-ring (bicyclic) bond motifs is 1. The van der Waals surface area contributed by atoms with E-state index < -0.39 is 0 Å². The molecule has 3 fully saturated rings. The second kappa shape index (κ2) is 5.08. The van der Waals surface area contributed by atoms with Gasteiger partial charge in [0.2, 0.25) is 5.91 Å². The summed E-state index contributed by atoms with van der Waals surface area (Å²) in [5.74, 6) is 3.26. The van der Waals surface area contributed by atoms with Crippen LogP contribution in [0.1, 0.15) is 46.0 Å². The SMILES string of the molecule is CC1CC(C)C(C(=O)N2CC3CCCC3C2)CC1N. The van der Waals surface area contributed by atoms with E-state index in [2.05, 4.69) is 18.7 Å². The van der Waals surface area contributed by atoms with E-state index in [4.69, 9.17) is 5.73 Å². The summed E-state index contributed by atoms with van der Waals surface area (Å²) in [5, 5.41) is 0. The molecule has 3 heteroatoms. The number of carbonyl (C=O) groups is 1. The largest absolute Gasteiger partial charge is 0.342 e. The van der Waals surface area contributed by atoms with E-state index in [0.29, 0.717) is 17.7 Å². The van der Waals surface area contributed by atoms with Gasteiger partial charge in [-0.1, -0.05) is 20.3 Å². The van der Waals surface area contributed by atoms with Crippen molar-refractivity contribution in [1.29, 1.82) is 0 Å². The van der Waals surface area contributed by atoms with Gasteiger partial charge in [0, 0.05) is 25.0 Å². The lowest BCUT2D eigenvalue weighted by atomic mass is 9.72. The molecule has 0 aromatic rings. The Balaban J connectivity index is 1.64. The molecule has 2 N–H and O–H groups in total. The third-order valence-electron chi connectivity index (χ3n) is 6.04. The Morgan fingerprint density at radius 3 is 2.32 bits per heavy atom. The van der Waals surface area contributed by atoms with Gasteiger partial charge < -0.3 is 10.6 Å². The van der Waals surface area contributed by atoms with Crippen molar-refractivity contribution >= 4 is 5.91 Å². The van der Waals surface area contributed by atoms with Gasteiger partial charge in [0.25, 0.3) is 0 Å². The lowest BCUT2D eigenvalue weighted by Crippen LogP contribution is -2.46. The molecule has 1 saturated heterocycles. The van der Waals surface area contributed by atoms with E-state index in [1.807, 2.05) is 0 Å². The zero-order valence-electron chi connectivity index (χ0n) is 12.3. The second-order valence-electron chi connectivity index (χ2n) is 7.39. The minimum Gasteiger partial charge on any atom is -0.342 e. The van der Waals surface area contributed by atoms with Crippen molar-refractivity contribution in [3.05, 3.63) is 0 Å². The van der Waals surface area contributed by atoms with Gasteiger partial charge in [-0.3, -0.25) is 4.79 Å². The van der Waals surface area contributed by atoms with Gasteiger partial charge in [-0.15, -0.1) is 0 Å². The number of carbonyl (C=O) groups excluding carboxylic acids is 1. The molecule has 6 unspecified atom stereocenters. The minimum absolute atomic E-state index is 0.185. The van der Waals surface area contributed by atoms with Crippen molar-refractivity contribution in [2.24, 2.45) is 35.3 Å². The fraction of sp³-hybridized carbons (Fsp3) is 0.938. The zero-order valence-corrected chi connectivity index (χ0v) is 12.3. The lowest BCUT2D eigenvalue weighted by Gasteiger charge is -2.38. The van der Waals surface area contributed by atoms with Gasteiger partial charge >= 0.3 is 0 Å². The molecular weight excluding hydrogens is 236 g/mol. The average Bonchev–Trinajstić information content (AvgIpc) is 2.93. The van der Waals surface area contributed by atoms with Crippen molar-refractivity contribution < 1.29 is 4.79 Å². The Bertz CT molecular complexity index is 345. The third-order valence-corrected chi connectivity index (χ3v) is 6.04. The summed E-state index contributed by atoms with van der Waals surface area (Å²) in [7, 11) is 0. The summed E-state index contributed by atoms with van der Waals surface area (Å²) in [5.41, 5.74) is 6.19. The number of amides is 1. The zero-order chi connectivity index (χ0) is 13.6. The number of hydrogen-bond donors (Lipinski definition) is 1. The van der Waals surface area contributed by atoms with E-state index in [-0.39, 0.29) is 12.0 Å². The van der Waals surface area contributed by atoms with Crippen molar-refractivity contribution in [3.63, 3.8) is 0 Å². The molecule has 0 spiro atoms. The molecule has 19 heavy (non-hydrogen) atoms. The van der Waals surface area contributed by atoms with Crippen molar-refractivity contribution in [3.8, 4) is 0 Å². The molecule has 1 amide bonds. The molecule has 0 aromatic heterocycles. The Hall–Kier alpha value is -0.570. The van der Waals surface area contributed by atoms with Crippen LogP contribution < -0.4 is 5.73 Å². The number of hydrogen-bond acceptors (Lipinski definition) is 2.